The van der Waals surface area contributed by atoms with Crippen LogP contribution in [0.3, 0.4) is 0 Å². The Labute approximate surface area is 105 Å². The lowest BCUT2D eigenvalue weighted by molar-refractivity contribution is 0.634. The highest BCUT2D eigenvalue weighted by molar-refractivity contribution is 7.71. The lowest BCUT2D eigenvalue weighted by Crippen LogP contribution is -2.01. The fourth-order valence-corrected chi connectivity index (χ4v) is 1.84. The van der Waals surface area contributed by atoms with Crippen molar-refractivity contribution in [3.05, 3.63) is 35.0 Å². The van der Waals surface area contributed by atoms with Gasteiger partial charge in [-0.2, -0.15) is 0 Å². The van der Waals surface area contributed by atoms with Crippen molar-refractivity contribution < 1.29 is 0 Å². The van der Waals surface area contributed by atoms with Gasteiger partial charge in [-0.15, -0.1) is 0 Å². The third kappa shape index (κ3) is 3.17. The summed E-state index contributed by atoms with van der Waals surface area (Å²) in [5.41, 5.74) is 1.85. The zero-order valence-electron chi connectivity index (χ0n) is 9.84. The highest BCUT2D eigenvalue weighted by Crippen LogP contribution is 2.13. The maximum absolute atomic E-state index is 5.17. The van der Waals surface area contributed by atoms with Crippen LogP contribution in [0, 0.1) is 10.6 Å². The van der Waals surface area contributed by atoms with Crippen LogP contribution in [0.5, 0.6) is 0 Å². The third-order valence-electron chi connectivity index (χ3n) is 2.25. The molecule has 0 aliphatic heterocycles. The molecule has 0 saturated heterocycles. The van der Waals surface area contributed by atoms with Crippen LogP contribution < -0.4 is 0 Å². The highest BCUT2D eigenvalue weighted by Gasteiger charge is 2.04. The monoisotopic (exact) mass is 246 g/mol. The molecule has 0 amide bonds. The van der Waals surface area contributed by atoms with E-state index < -0.39 is 0 Å². The van der Waals surface area contributed by atoms with E-state index in [-0.39, 0.29) is 0 Å². The van der Waals surface area contributed by atoms with Crippen molar-refractivity contribution in [2.75, 3.05) is 0 Å². The molecular formula is C12H14N4S. The fraction of sp³-hybridized carbons (Fsp3) is 0.333. The van der Waals surface area contributed by atoms with Gasteiger partial charge in [0.2, 0.25) is 0 Å². The van der Waals surface area contributed by atoms with Gasteiger partial charge in [-0.25, -0.2) is 15.0 Å². The Kier molecular flexibility index (Phi) is 3.58. The second-order valence-corrected chi connectivity index (χ2v) is 4.70. The lowest BCUT2D eigenvalue weighted by Gasteiger charge is -2.07. The molecule has 0 bridgehead atoms. The number of aromatic amines is 1. The largest absolute Gasteiger partial charge is 0.342 e. The molecule has 0 radical (unpaired) electrons. The minimum atomic E-state index is 0.571. The van der Waals surface area contributed by atoms with Crippen molar-refractivity contribution in [3.63, 3.8) is 0 Å². The number of nitrogens with one attached hydrogen (secondary N) is 1. The van der Waals surface area contributed by atoms with E-state index in [2.05, 4.69) is 33.8 Å². The first-order valence-electron chi connectivity index (χ1n) is 5.52. The van der Waals surface area contributed by atoms with E-state index in [0.717, 1.165) is 17.8 Å². The van der Waals surface area contributed by atoms with E-state index in [9.17, 15) is 0 Å². The number of rotatable bonds is 3. The Bertz CT molecular complexity index is 548. The average molecular weight is 246 g/mol. The molecule has 0 unspecified atom stereocenters. The third-order valence-corrected chi connectivity index (χ3v) is 2.46. The SMILES string of the molecule is CC(C)Cc1cc(=S)nc(-c2ccncn2)[nH]1. The number of H-pyrrole nitrogens is 1. The quantitative estimate of drug-likeness (QED) is 0.846. The summed E-state index contributed by atoms with van der Waals surface area (Å²) in [6.07, 6.45) is 4.14. The van der Waals surface area contributed by atoms with Crippen LogP contribution in [0.15, 0.2) is 24.7 Å². The molecule has 0 spiro atoms. The second-order valence-electron chi connectivity index (χ2n) is 4.29. The van der Waals surface area contributed by atoms with Gasteiger partial charge in [0.25, 0.3) is 0 Å². The maximum Gasteiger partial charge on any atom is 0.157 e. The predicted octanol–water partition coefficient (Wildman–Crippen LogP) is 2.79. The first kappa shape index (κ1) is 11.9. The summed E-state index contributed by atoms with van der Waals surface area (Å²) >= 11 is 5.17. The van der Waals surface area contributed by atoms with Crippen LogP contribution in [-0.4, -0.2) is 19.9 Å². The van der Waals surface area contributed by atoms with Gasteiger partial charge in [-0.3, -0.25) is 0 Å². The van der Waals surface area contributed by atoms with Crippen molar-refractivity contribution >= 4 is 12.2 Å². The molecule has 0 aliphatic carbocycles. The minimum absolute atomic E-state index is 0.571. The molecular weight excluding hydrogens is 232 g/mol. The van der Waals surface area contributed by atoms with Crippen molar-refractivity contribution in [3.8, 4) is 11.5 Å². The normalized spacial score (nSPS) is 10.8. The van der Waals surface area contributed by atoms with Gasteiger partial charge < -0.3 is 4.98 Å². The summed E-state index contributed by atoms with van der Waals surface area (Å²) in [5, 5.41) is 0. The molecule has 0 aliphatic rings. The molecule has 1 N–H and O–H groups in total. The lowest BCUT2D eigenvalue weighted by atomic mass is 10.1. The number of hydrogen-bond acceptors (Lipinski definition) is 4. The van der Waals surface area contributed by atoms with Crippen molar-refractivity contribution in [1.29, 1.82) is 0 Å². The standard InChI is InChI=1S/C12H14N4S/c1-8(2)5-9-6-11(17)16-12(15-9)10-3-4-13-7-14-10/h3-4,6-8H,5H2,1-2H3,(H,15,16,17). The summed E-state index contributed by atoms with van der Waals surface area (Å²) in [4.78, 5) is 15.6. The van der Waals surface area contributed by atoms with Crippen molar-refractivity contribution in [2.24, 2.45) is 5.92 Å². The molecule has 88 valence electrons. The van der Waals surface area contributed by atoms with E-state index in [1.807, 2.05) is 12.1 Å². The summed E-state index contributed by atoms with van der Waals surface area (Å²) in [5.74, 6) is 1.27. The predicted molar refractivity (Wildman–Crippen MR) is 69.0 cm³/mol. The minimum Gasteiger partial charge on any atom is -0.342 e. The highest BCUT2D eigenvalue weighted by atomic mass is 32.1. The number of hydrogen-bond donors (Lipinski definition) is 1. The van der Waals surface area contributed by atoms with Gasteiger partial charge >= 0.3 is 0 Å². The molecule has 2 aromatic heterocycles. The van der Waals surface area contributed by atoms with Gasteiger partial charge in [0.15, 0.2) is 5.82 Å². The van der Waals surface area contributed by atoms with Crippen LogP contribution >= 0.6 is 12.2 Å². The fourth-order valence-electron chi connectivity index (χ4n) is 1.61. The summed E-state index contributed by atoms with van der Waals surface area (Å²) in [7, 11) is 0. The summed E-state index contributed by atoms with van der Waals surface area (Å²) in [6, 6.07) is 3.72. The van der Waals surface area contributed by atoms with Crippen molar-refractivity contribution in [2.45, 2.75) is 20.3 Å². The second kappa shape index (κ2) is 5.14. The summed E-state index contributed by atoms with van der Waals surface area (Å²) in [6.45, 7) is 4.34. The topological polar surface area (TPSA) is 54.5 Å². The Balaban J connectivity index is 2.42. The van der Waals surface area contributed by atoms with E-state index in [1.165, 1.54) is 6.33 Å². The van der Waals surface area contributed by atoms with E-state index in [1.54, 1.807) is 6.20 Å². The van der Waals surface area contributed by atoms with E-state index in [0.29, 0.717) is 16.4 Å². The van der Waals surface area contributed by atoms with Crippen LogP contribution in [0.1, 0.15) is 19.5 Å². The number of aromatic nitrogens is 4. The molecule has 5 heteroatoms. The summed E-state index contributed by atoms with van der Waals surface area (Å²) < 4.78 is 0.591. The van der Waals surface area contributed by atoms with Crippen LogP contribution in [0.2, 0.25) is 0 Å². The molecule has 0 atom stereocenters. The maximum atomic E-state index is 5.17. The van der Waals surface area contributed by atoms with Crippen LogP contribution in [0.4, 0.5) is 0 Å². The molecule has 2 rings (SSSR count). The molecule has 4 nitrogen and oxygen atoms in total. The van der Waals surface area contributed by atoms with Gasteiger partial charge in [-0.1, -0.05) is 26.1 Å². The molecule has 0 fully saturated rings. The Morgan fingerprint density at radius 1 is 1.41 bits per heavy atom. The molecule has 2 heterocycles. The zero-order valence-corrected chi connectivity index (χ0v) is 10.7. The van der Waals surface area contributed by atoms with Crippen LogP contribution in [-0.2, 0) is 6.42 Å². The molecule has 0 aromatic carbocycles. The smallest absolute Gasteiger partial charge is 0.157 e. The molecule has 17 heavy (non-hydrogen) atoms. The van der Waals surface area contributed by atoms with E-state index >= 15 is 0 Å². The van der Waals surface area contributed by atoms with Gasteiger partial charge in [-0.05, 0) is 24.5 Å². The first-order valence-corrected chi connectivity index (χ1v) is 5.92. The van der Waals surface area contributed by atoms with Gasteiger partial charge in [0, 0.05) is 11.9 Å². The Hall–Kier alpha value is -1.62. The zero-order chi connectivity index (χ0) is 12.3. The van der Waals surface area contributed by atoms with Crippen molar-refractivity contribution in [1.82, 2.24) is 19.9 Å². The molecule has 0 saturated carbocycles. The first-order chi connectivity index (χ1) is 8.15. The Morgan fingerprint density at radius 2 is 2.24 bits per heavy atom. The van der Waals surface area contributed by atoms with Gasteiger partial charge in [0.05, 0.1) is 0 Å². The van der Waals surface area contributed by atoms with Gasteiger partial charge in [0.1, 0.15) is 16.7 Å². The number of nitrogens with zero attached hydrogens (tertiary/aromatic N) is 3. The van der Waals surface area contributed by atoms with Crippen LogP contribution in [0.25, 0.3) is 11.5 Å². The Morgan fingerprint density at radius 3 is 2.88 bits per heavy atom. The molecule has 2 aromatic rings. The van der Waals surface area contributed by atoms with E-state index in [4.69, 9.17) is 12.2 Å². The average Bonchev–Trinajstić information content (AvgIpc) is 2.28.